The predicted octanol–water partition coefficient (Wildman–Crippen LogP) is 4.65. The smallest absolute Gasteiger partial charge is 0.305 e. The van der Waals surface area contributed by atoms with Gasteiger partial charge in [-0.3, -0.25) is 9.59 Å². The molecule has 0 aromatic rings. The third-order valence-corrected chi connectivity index (χ3v) is 3.82. The molecular formula is C18H34O4. The Labute approximate surface area is 135 Å². The lowest BCUT2D eigenvalue weighted by Gasteiger charge is -2.13. The Morgan fingerprint density at radius 1 is 0.773 bits per heavy atom. The summed E-state index contributed by atoms with van der Waals surface area (Å²) in [6.45, 7) is 7.18. The lowest BCUT2D eigenvalue weighted by molar-refractivity contribution is -0.146. The Bertz CT molecular complexity index is 289. The van der Waals surface area contributed by atoms with E-state index in [1.54, 1.807) is 0 Å². The number of ether oxygens (including phenoxy) is 2. The molecule has 0 aliphatic carbocycles. The summed E-state index contributed by atoms with van der Waals surface area (Å²) in [5.74, 6) is 0.403. The van der Waals surface area contributed by atoms with Crippen LogP contribution in [0.3, 0.4) is 0 Å². The number of rotatable bonds is 14. The first-order valence-electron chi connectivity index (χ1n) is 8.95. The van der Waals surface area contributed by atoms with Gasteiger partial charge in [-0.1, -0.05) is 46.5 Å². The van der Waals surface area contributed by atoms with Crippen LogP contribution in [0, 0.1) is 5.92 Å². The first kappa shape index (κ1) is 20.9. The average molecular weight is 314 g/mol. The highest BCUT2D eigenvalue weighted by molar-refractivity contribution is 5.69. The number of esters is 2. The van der Waals surface area contributed by atoms with Crippen molar-refractivity contribution >= 4 is 11.9 Å². The van der Waals surface area contributed by atoms with Crippen LogP contribution in [0.2, 0.25) is 0 Å². The fourth-order valence-electron chi connectivity index (χ4n) is 2.29. The minimum Gasteiger partial charge on any atom is -0.466 e. The van der Waals surface area contributed by atoms with Gasteiger partial charge in [0.15, 0.2) is 0 Å². The zero-order valence-corrected chi connectivity index (χ0v) is 14.7. The van der Waals surface area contributed by atoms with Crippen molar-refractivity contribution in [1.82, 2.24) is 0 Å². The summed E-state index contributed by atoms with van der Waals surface area (Å²) in [6, 6.07) is 0. The average Bonchev–Trinajstić information content (AvgIpc) is 2.51. The molecule has 1 atom stereocenters. The summed E-state index contributed by atoms with van der Waals surface area (Å²) in [7, 11) is 0. The lowest BCUT2D eigenvalue weighted by atomic mass is 9.94. The Morgan fingerprint density at radius 3 is 1.86 bits per heavy atom. The van der Waals surface area contributed by atoms with Gasteiger partial charge in [0.05, 0.1) is 13.2 Å². The monoisotopic (exact) mass is 314 g/mol. The Kier molecular flexibility index (Phi) is 14.1. The van der Waals surface area contributed by atoms with Crippen LogP contribution >= 0.6 is 0 Å². The van der Waals surface area contributed by atoms with Gasteiger partial charge in [-0.25, -0.2) is 0 Å². The Morgan fingerprint density at radius 2 is 1.36 bits per heavy atom. The van der Waals surface area contributed by atoms with Crippen molar-refractivity contribution in [1.29, 1.82) is 0 Å². The van der Waals surface area contributed by atoms with Gasteiger partial charge >= 0.3 is 11.9 Å². The molecule has 0 saturated carbocycles. The van der Waals surface area contributed by atoms with Gasteiger partial charge in [-0.2, -0.15) is 0 Å². The number of hydrogen-bond acceptors (Lipinski definition) is 4. The first-order chi connectivity index (χ1) is 10.6. The van der Waals surface area contributed by atoms with Crippen LogP contribution in [-0.2, 0) is 19.1 Å². The van der Waals surface area contributed by atoms with Crippen LogP contribution in [0.25, 0.3) is 0 Å². The minimum absolute atomic E-state index is 0.0991. The van der Waals surface area contributed by atoms with Crippen molar-refractivity contribution in [2.45, 2.75) is 85.0 Å². The van der Waals surface area contributed by atoms with E-state index in [0.29, 0.717) is 32.0 Å². The van der Waals surface area contributed by atoms with Gasteiger partial charge in [-0.05, 0) is 31.6 Å². The molecule has 0 spiro atoms. The number of unbranched alkanes of at least 4 members (excludes halogenated alkanes) is 2. The van der Waals surface area contributed by atoms with E-state index >= 15 is 0 Å². The molecule has 0 aromatic carbocycles. The Hall–Kier alpha value is -1.06. The van der Waals surface area contributed by atoms with Gasteiger partial charge in [-0.15, -0.1) is 0 Å². The molecule has 0 aromatic heterocycles. The fourth-order valence-corrected chi connectivity index (χ4v) is 2.29. The van der Waals surface area contributed by atoms with Crippen LogP contribution in [0.4, 0.5) is 0 Å². The molecule has 0 amide bonds. The van der Waals surface area contributed by atoms with Crippen LogP contribution in [-0.4, -0.2) is 25.2 Å². The van der Waals surface area contributed by atoms with Gasteiger partial charge < -0.3 is 9.47 Å². The van der Waals surface area contributed by atoms with Crippen molar-refractivity contribution in [2.24, 2.45) is 5.92 Å². The van der Waals surface area contributed by atoms with E-state index in [-0.39, 0.29) is 11.9 Å². The molecule has 0 radical (unpaired) electrons. The largest absolute Gasteiger partial charge is 0.466 e. The summed E-state index contributed by atoms with van der Waals surface area (Å²) in [5, 5.41) is 0. The quantitative estimate of drug-likeness (QED) is 0.346. The van der Waals surface area contributed by atoms with Gasteiger partial charge in [0.1, 0.15) is 0 Å². The van der Waals surface area contributed by atoms with Crippen molar-refractivity contribution in [2.75, 3.05) is 13.2 Å². The normalized spacial score (nSPS) is 12.0. The van der Waals surface area contributed by atoms with Gasteiger partial charge in [0.2, 0.25) is 0 Å². The molecule has 0 heterocycles. The van der Waals surface area contributed by atoms with E-state index in [0.717, 1.165) is 32.1 Å². The topological polar surface area (TPSA) is 52.6 Å². The third kappa shape index (κ3) is 12.7. The number of hydrogen-bond donors (Lipinski definition) is 0. The molecule has 0 aliphatic heterocycles. The zero-order valence-electron chi connectivity index (χ0n) is 14.7. The SMILES string of the molecule is CCCCC(CC)CCC(=O)OCCCCOC(=O)CCC. The van der Waals surface area contributed by atoms with E-state index in [9.17, 15) is 9.59 Å². The molecule has 4 nitrogen and oxygen atoms in total. The molecule has 0 rings (SSSR count). The second kappa shape index (κ2) is 14.9. The van der Waals surface area contributed by atoms with E-state index in [1.165, 1.54) is 19.3 Å². The van der Waals surface area contributed by atoms with E-state index in [2.05, 4.69) is 13.8 Å². The standard InChI is InChI=1S/C18H34O4/c1-4-7-11-16(6-3)12-13-18(20)22-15-9-8-14-21-17(19)10-5-2/h16H,4-15H2,1-3H3. The number of carbonyl (C=O) groups is 2. The van der Waals surface area contributed by atoms with Gasteiger partial charge in [0.25, 0.3) is 0 Å². The molecule has 22 heavy (non-hydrogen) atoms. The van der Waals surface area contributed by atoms with Crippen LogP contribution in [0.1, 0.15) is 85.0 Å². The lowest BCUT2D eigenvalue weighted by Crippen LogP contribution is -2.10. The summed E-state index contributed by atoms with van der Waals surface area (Å²) in [4.78, 5) is 22.8. The Balaban J connectivity index is 3.51. The second-order valence-electron chi connectivity index (χ2n) is 5.85. The molecule has 0 N–H and O–H groups in total. The fraction of sp³-hybridized carbons (Fsp3) is 0.889. The molecule has 0 fully saturated rings. The van der Waals surface area contributed by atoms with E-state index in [4.69, 9.17) is 9.47 Å². The zero-order chi connectivity index (χ0) is 16.6. The molecule has 4 heteroatoms. The molecule has 1 unspecified atom stereocenters. The van der Waals surface area contributed by atoms with Crippen molar-refractivity contribution in [3.05, 3.63) is 0 Å². The van der Waals surface area contributed by atoms with Crippen molar-refractivity contribution in [3.63, 3.8) is 0 Å². The predicted molar refractivity (Wildman–Crippen MR) is 88.6 cm³/mol. The third-order valence-electron chi connectivity index (χ3n) is 3.82. The summed E-state index contributed by atoms with van der Waals surface area (Å²) in [6.07, 6.45) is 9.04. The minimum atomic E-state index is -0.141. The van der Waals surface area contributed by atoms with E-state index in [1.807, 2.05) is 6.92 Å². The summed E-state index contributed by atoms with van der Waals surface area (Å²) >= 11 is 0. The molecule has 0 saturated heterocycles. The first-order valence-corrected chi connectivity index (χ1v) is 8.95. The maximum absolute atomic E-state index is 11.7. The molecule has 0 aliphatic rings. The maximum atomic E-state index is 11.7. The maximum Gasteiger partial charge on any atom is 0.305 e. The second-order valence-corrected chi connectivity index (χ2v) is 5.85. The highest BCUT2D eigenvalue weighted by atomic mass is 16.5. The van der Waals surface area contributed by atoms with Gasteiger partial charge in [0, 0.05) is 12.8 Å². The molecule has 0 bridgehead atoms. The summed E-state index contributed by atoms with van der Waals surface area (Å²) < 4.78 is 10.3. The van der Waals surface area contributed by atoms with Crippen LogP contribution in [0.15, 0.2) is 0 Å². The summed E-state index contributed by atoms with van der Waals surface area (Å²) in [5.41, 5.74) is 0. The van der Waals surface area contributed by atoms with Crippen LogP contribution in [0.5, 0.6) is 0 Å². The highest BCUT2D eigenvalue weighted by Gasteiger charge is 2.10. The van der Waals surface area contributed by atoms with Crippen molar-refractivity contribution in [3.8, 4) is 0 Å². The number of carbonyl (C=O) groups excluding carboxylic acids is 2. The highest BCUT2D eigenvalue weighted by Crippen LogP contribution is 2.18. The van der Waals surface area contributed by atoms with E-state index < -0.39 is 0 Å². The van der Waals surface area contributed by atoms with Crippen LogP contribution < -0.4 is 0 Å². The molecular weight excluding hydrogens is 280 g/mol. The van der Waals surface area contributed by atoms with Crippen molar-refractivity contribution < 1.29 is 19.1 Å². The molecule has 130 valence electrons.